The zero-order chi connectivity index (χ0) is 8.97. The van der Waals surface area contributed by atoms with Crippen molar-refractivity contribution in [2.45, 2.75) is 6.61 Å². The fourth-order valence-electron chi connectivity index (χ4n) is 0.860. The summed E-state index contributed by atoms with van der Waals surface area (Å²) in [7, 11) is 1.29. The van der Waals surface area contributed by atoms with Gasteiger partial charge >= 0.3 is 5.97 Å². The van der Waals surface area contributed by atoms with Gasteiger partial charge in [0, 0.05) is 6.20 Å². The third-order valence-electron chi connectivity index (χ3n) is 1.45. The van der Waals surface area contributed by atoms with Crippen LogP contribution in [0.15, 0.2) is 18.3 Å². The Balaban J connectivity index is 3.04. The zero-order valence-electron chi connectivity index (χ0n) is 6.65. The maximum Gasteiger partial charge on any atom is 0.339 e. The minimum Gasteiger partial charge on any atom is -0.465 e. The number of pyridine rings is 1. The summed E-state index contributed by atoms with van der Waals surface area (Å²) >= 11 is 0. The van der Waals surface area contributed by atoms with E-state index in [9.17, 15) is 4.79 Å². The Hall–Kier alpha value is -1.42. The van der Waals surface area contributed by atoms with E-state index in [2.05, 4.69) is 9.72 Å². The van der Waals surface area contributed by atoms with Crippen LogP contribution in [0.2, 0.25) is 0 Å². The number of carbonyl (C=O) groups excluding carboxylic acids is 1. The van der Waals surface area contributed by atoms with E-state index in [-0.39, 0.29) is 6.61 Å². The summed E-state index contributed by atoms with van der Waals surface area (Å²) in [6, 6.07) is 3.18. The minimum absolute atomic E-state index is 0.259. The second-order valence-electron chi connectivity index (χ2n) is 2.15. The third kappa shape index (κ3) is 1.60. The summed E-state index contributed by atoms with van der Waals surface area (Å²) < 4.78 is 4.49. The Morgan fingerprint density at radius 1 is 1.75 bits per heavy atom. The van der Waals surface area contributed by atoms with E-state index >= 15 is 0 Å². The Bertz CT molecular complexity index is 285. The average molecular weight is 167 g/mol. The number of rotatable bonds is 2. The molecule has 1 heterocycles. The lowest BCUT2D eigenvalue weighted by molar-refractivity contribution is 0.0596. The van der Waals surface area contributed by atoms with Gasteiger partial charge < -0.3 is 9.84 Å². The van der Waals surface area contributed by atoms with Gasteiger partial charge in [-0.3, -0.25) is 4.98 Å². The van der Waals surface area contributed by atoms with Gasteiger partial charge in [-0.1, -0.05) is 0 Å². The molecule has 0 radical (unpaired) electrons. The first-order valence-electron chi connectivity index (χ1n) is 3.42. The second-order valence-corrected chi connectivity index (χ2v) is 2.15. The number of aliphatic hydroxyl groups is 1. The largest absolute Gasteiger partial charge is 0.465 e. The van der Waals surface area contributed by atoms with Gasteiger partial charge in [-0.25, -0.2) is 4.79 Å². The van der Waals surface area contributed by atoms with Crippen molar-refractivity contribution in [1.29, 1.82) is 0 Å². The Morgan fingerprint density at radius 2 is 2.50 bits per heavy atom. The topological polar surface area (TPSA) is 59.4 Å². The molecule has 4 heteroatoms. The van der Waals surface area contributed by atoms with Gasteiger partial charge in [0.05, 0.1) is 25.0 Å². The zero-order valence-corrected chi connectivity index (χ0v) is 6.65. The quantitative estimate of drug-likeness (QED) is 0.646. The van der Waals surface area contributed by atoms with Crippen LogP contribution in [-0.2, 0) is 11.3 Å². The summed E-state index contributed by atoms with van der Waals surface area (Å²) in [5.41, 5.74) is 0.645. The van der Waals surface area contributed by atoms with Crippen LogP contribution >= 0.6 is 0 Å². The number of aliphatic hydroxyl groups excluding tert-OH is 1. The molecule has 1 aromatic rings. The average Bonchev–Trinajstić information content (AvgIpc) is 2.16. The first-order chi connectivity index (χ1) is 5.79. The van der Waals surface area contributed by atoms with E-state index in [1.165, 1.54) is 13.3 Å². The molecular weight excluding hydrogens is 158 g/mol. The summed E-state index contributed by atoms with van der Waals surface area (Å²) in [5.74, 6) is -0.479. The monoisotopic (exact) mass is 167 g/mol. The van der Waals surface area contributed by atoms with Crippen molar-refractivity contribution in [3.63, 3.8) is 0 Å². The molecule has 0 atom stereocenters. The van der Waals surface area contributed by atoms with Gasteiger partial charge in [0.15, 0.2) is 0 Å². The maximum atomic E-state index is 11.0. The molecule has 64 valence electrons. The molecule has 0 fully saturated rings. The van der Waals surface area contributed by atoms with Crippen molar-refractivity contribution in [3.05, 3.63) is 29.6 Å². The highest BCUT2D eigenvalue weighted by Gasteiger charge is 2.10. The summed E-state index contributed by atoms with van der Waals surface area (Å²) in [4.78, 5) is 14.8. The van der Waals surface area contributed by atoms with Crippen LogP contribution in [0.5, 0.6) is 0 Å². The van der Waals surface area contributed by atoms with E-state index in [0.717, 1.165) is 0 Å². The second kappa shape index (κ2) is 3.82. The smallest absolute Gasteiger partial charge is 0.339 e. The van der Waals surface area contributed by atoms with E-state index in [0.29, 0.717) is 11.3 Å². The summed E-state index contributed by atoms with van der Waals surface area (Å²) in [5, 5.41) is 8.79. The highest BCUT2D eigenvalue weighted by Crippen LogP contribution is 2.05. The predicted molar refractivity (Wildman–Crippen MR) is 41.5 cm³/mol. The highest BCUT2D eigenvalue weighted by molar-refractivity contribution is 5.90. The number of carbonyl (C=O) groups is 1. The predicted octanol–water partition coefficient (Wildman–Crippen LogP) is 0.360. The molecule has 0 aliphatic carbocycles. The van der Waals surface area contributed by atoms with Crippen LogP contribution in [0.25, 0.3) is 0 Å². The normalized spacial score (nSPS) is 9.50. The van der Waals surface area contributed by atoms with Gasteiger partial charge in [-0.05, 0) is 12.1 Å². The number of nitrogens with zero attached hydrogens (tertiary/aromatic N) is 1. The fourth-order valence-corrected chi connectivity index (χ4v) is 0.860. The maximum absolute atomic E-state index is 11.0. The van der Waals surface area contributed by atoms with Gasteiger partial charge in [0.2, 0.25) is 0 Å². The molecular formula is C8H9NO3. The van der Waals surface area contributed by atoms with Gasteiger partial charge in [-0.2, -0.15) is 0 Å². The summed E-state index contributed by atoms with van der Waals surface area (Å²) in [6.45, 7) is -0.259. The van der Waals surface area contributed by atoms with Crippen molar-refractivity contribution < 1.29 is 14.6 Å². The van der Waals surface area contributed by atoms with Gasteiger partial charge in [0.1, 0.15) is 0 Å². The number of ether oxygens (including phenoxy) is 1. The van der Waals surface area contributed by atoms with E-state index < -0.39 is 5.97 Å². The van der Waals surface area contributed by atoms with Crippen LogP contribution in [-0.4, -0.2) is 23.2 Å². The SMILES string of the molecule is COC(=O)c1cccnc1CO. The lowest BCUT2D eigenvalue weighted by Gasteiger charge is -2.02. The lowest BCUT2D eigenvalue weighted by atomic mass is 10.2. The molecule has 0 amide bonds. The van der Waals surface area contributed by atoms with E-state index in [1.54, 1.807) is 12.1 Å². The number of esters is 1. The molecule has 12 heavy (non-hydrogen) atoms. The van der Waals surface area contributed by atoms with Crippen LogP contribution in [0.3, 0.4) is 0 Å². The van der Waals surface area contributed by atoms with Gasteiger partial charge in [-0.15, -0.1) is 0 Å². The molecule has 1 rings (SSSR count). The fraction of sp³-hybridized carbons (Fsp3) is 0.250. The third-order valence-corrected chi connectivity index (χ3v) is 1.45. The Morgan fingerprint density at radius 3 is 3.08 bits per heavy atom. The van der Waals surface area contributed by atoms with E-state index in [4.69, 9.17) is 5.11 Å². The number of hydrogen-bond donors (Lipinski definition) is 1. The molecule has 0 spiro atoms. The van der Waals surface area contributed by atoms with Crippen LogP contribution in [0.1, 0.15) is 16.1 Å². The molecule has 0 unspecified atom stereocenters. The van der Waals surface area contributed by atoms with Crippen molar-refractivity contribution in [3.8, 4) is 0 Å². The number of hydrogen-bond acceptors (Lipinski definition) is 4. The molecule has 1 N–H and O–H groups in total. The number of methoxy groups -OCH3 is 1. The van der Waals surface area contributed by atoms with Crippen LogP contribution < -0.4 is 0 Å². The standard InChI is InChI=1S/C8H9NO3/c1-12-8(11)6-3-2-4-9-7(6)5-10/h2-4,10H,5H2,1H3. The van der Waals surface area contributed by atoms with Crippen molar-refractivity contribution in [2.24, 2.45) is 0 Å². The van der Waals surface area contributed by atoms with Crippen molar-refractivity contribution >= 4 is 5.97 Å². The van der Waals surface area contributed by atoms with E-state index in [1.807, 2.05) is 0 Å². The number of aromatic nitrogens is 1. The van der Waals surface area contributed by atoms with Crippen LogP contribution in [0, 0.1) is 0 Å². The summed E-state index contributed by atoms with van der Waals surface area (Å²) in [6.07, 6.45) is 1.51. The molecule has 0 saturated heterocycles. The molecule has 0 saturated carbocycles. The Labute approximate surface area is 69.8 Å². The first-order valence-corrected chi connectivity index (χ1v) is 3.42. The first kappa shape index (κ1) is 8.67. The molecule has 1 aromatic heterocycles. The molecule has 0 aliphatic rings. The van der Waals surface area contributed by atoms with Gasteiger partial charge in [0.25, 0.3) is 0 Å². The molecule has 0 aliphatic heterocycles. The van der Waals surface area contributed by atoms with Crippen molar-refractivity contribution in [2.75, 3.05) is 7.11 Å². The van der Waals surface area contributed by atoms with Crippen molar-refractivity contribution in [1.82, 2.24) is 4.98 Å². The van der Waals surface area contributed by atoms with Crippen LogP contribution in [0.4, 0.5) is 0 Å². The molecule has 4 nitrogen and oxygen atoms in total. The highest BCUT2D eigenvalue weighted by atomic mass is 16.5. The minimum atomic E-state index is -0.479. The Kier molecular flexibility index (Phi) is 2.76. The lowest BCUT2D eigenvalue weighted by Crippen LogP contribution is -2.06. The molecule has 0 aromatic carbocycles. The molecule has 0 bridgehead atoms.